The van der Waals surface area contributed by atoms with Gasteiger partial charge in [-0.2, -0.15) is 0 Å². The van der Waals surface area contributed by atoms with Gasteiger partial charge in [-0.1, -0.05) is 17.7 Å². The van der Waals surface area contributed by atoms with E-state index in [9.17, 15) is 14.0 Å². The molecular formula is C19H17ClFNO4. The predicted octanol–water partition coefficient (Wildman–Crippen LogP) is 4.07. The number of carbonyl (C=O) groups is 2. The molecule has 0 aliphatic heterocycles. The molecule has 0 unspecified atom stereocenters. The Balaban J connectivity index is 1.83. The van der Waals surface area contributed by atoms with Crippen molar-refractivity contribution in [3.8, 4) is 5.75 Å². The molecule has 136 valence electrons. The summed E-state index contributed by atoms with van der Waals surface area (Å²) in [7, 11) is 0. The highest BCUT2D eigenvalue weighted by molar-refractivity contribution is 6.32. The molecule has 0 fully saturated rings. The van der Waals surface area contributed by atoms with Gasteiger partial charge in [0.05, 0.1) is 11.6 Å². The van der Waals surface area contributed by atoms with E-state index >= 15 is 0 Å². The molecule has 7 heteroatoms. The molecule has 0 aromatic heterocycles. The minimum Gasteiger partial charge on any atom is -0.494 e. The molecule has 0 saturated heterocycles. The van der Waals surface area contributed by atoms with Crippen molar-refractivity contribution in [3.63, 3.8) is 0 Å². The normalized spacial score (nSPS) is 10.6. The lowest BCUT2D eigenvalue weighted by molar-refractivity contribution is -0.142. The largest absolute Gasteiger partial charge is 0.494 e. The smallest absolute Gasteiger partial charge is 0.331 e. The third-order valence-electron chi connectivity index (χ3n) is 3.18. The van der Waals surface area contributed by atoms with Crippen molar-refractivity contribution in [2.75, 3.05) is 18.5 Å². The zero-order chi connectivity index (χ0) is 18.9. The zero-order valence-corrected chi connectivity index (χ0v) is 14.8. The first kappa shape index (κ1) is 19.5. The number of hydrogen-bond acceptors (Lipinski definition) is 4. The van der Waals surface area contributed by atoms with Crippen LogP contribution in [-0.2, 0) is 14.3 Å². The van der Waals surface area contributed by atoms with Gasteiger partial charge in [-0.3, -0.25) is 4.79 Å². The van der Waals surface area contributed by atoms with Crippen LogP contribution in [0.1, 0.15) is 12.5 Å². The zero-order valence-electron chi connectivity index (χ0n) is 14.0. The van der Waals surface area contributed by atoms with Gasteiger partial charge in [0.15, 0.2) is 6.61 Å². The molecule has 0 saturated carbocycles. The third kappa shape index (κ3) is 5.89. The van der Waals surface area contributed by atoms with Gasteiger partial charge in [-0.05, 0) is 49.4 Å². The van der Waals surface area contributed by atoms with Crippen LogP contribution >= 0.6 is 11.6 Å². The van der Waals surface area contributed by atoms with Gasteiger partial charge in [0.1, 0.15) is 11.6 Å². The molecule has 5 nitrogen and oxygen atoms in total. The number of benzene rings is 2. The Labute approximate surface area is 155 Å². The quantitative estimate of drug-likeness (QED) is 0.583. The number of anilines is 1. The van der Waals surface area contributed by atoms with E-state index < -0.39 is 24.3 Å². The van der Waals surface area contributed by atoms with Crippen molar-refractivity contribution in [2.24, 2.45) is 0 Å². The second-order valence-electron chi connectivity index (χ2n) is 5.08. The average molecular weight is 378 g/mol. The van der Waals surface area contributed by atoms with Crippen LogP contribution in [-0.4, -0.2) is 25.1 Å². The maximum absolute atomic E-state index is 13.6. The Morgan fingerprint density at radius 3 is 2.58 bits per heavy atom. The number of halogens is 2. The number of rotatable bonds is 7. The summed E-state index contributed by atoms with van der Waals surface area (Å²) in [5, 5.41) is 2.75. The fourth-order valence-corrected chi connectivity index (χ4v) is 2.23. The molecule has 1 N–H and O–H groups in total. The number of esters is 1. The Bertz CT molecular complexity index is 785. The van der Waals surface area contributed by atoms with E-state index in [0.29, 0.717) is 18.0 Å². The van der Waals surface area contributed by atoms with Gasteiger partial charge in [-0.25, -0.2) is 9.18 Å². The molecule has 0 heterocycles. The van der Waals surface area contributed by atoms with Crippen molar-refractivity contribution >= 4 is 35.2 Å². The summed E-state index contributed by atoms with van der Waals surface area (Å²) in [5.74, 6) is -1.16. The number of hydrogen-bond donors (Lipinski definition) is 1. The van der Waals surface area contributed by atoms with Gasteiger partial charge in [0.2, 0.25) is 0 Å². The minimum absolute atomic E-state index is 0.0740. The van der Waals surface area contributed by atoms with E-state index in [2.05, 4.69) is 5.32 Å². The Morgan fingerprint density at radius 1 is 1.19 bits per heavy atom. The monoisotopic (exact) mass is 377 g/mol. The molecular weight excluding hydrogens is 361 g/mol. The second kappa shape index (κ2) is 9.58. The van der Waals surface area contributed by atoms with Gasteiger partial charge in [0, 0.05) is 17.3 Å². The summed E-state index contributed by atoms with van der Waals surface area (Å²) < 4.78 is 23.7. The van der Waals surface area contributed by atoms with Crippen LogP contribution in [0.2, 0.25) is 5.02 Å². The molecule has 0 atom stereocenters. The van der Waals surface area contributed by atoms with E-state index in [1.807, 2.05) is 6.92 Å². The highest BCUT2D eigenvalue weighted by atomic mass is 35.5. The molecule has 2 rings (SSSR count). The third-order valence-corrected chi connectivity index (χ3v) is 3.51. The average Bonchev–Trinajstić information content (AvgIpc) is 2.61. The SMILES string of the molecule is CCOc1ccc(NC(=O)COC(=O)/C=C/c2c(F)cccc2Cl)cc1. The molecule has 0 aliphatic carbocycles. The van der Waals surface area contributed by atoms with Crippen LogP contribution in [0.25, 0.3) is 6.08 Å². The fraction of sp³-hybridized carbons (Fsp3) is 0.158. The maximum atomic E-state index is 13.6. The molecule has 1 amide bonds. The first-order chi connectivity index (χ1) is 12.5. The molecule has 0 spiro atoms. The summed E-state index contributed by atoms with van der Waals surface area (Å²) in [5.41, 5.74) is 0.619. The van der Waals surface area contributed by atoms with Crippen LogP contribution in [0.4, 0.5) is 10.1 Å². The van der Waals surface area contributed by atoms with E-state index in [0.717, 1.165) is 6.08 Å². The molecule has 2 aromatic rings. The predicted molar refractivity (Wildman–Crippen MR) is 97.6 cm³/mol. The van der Waals surface area contributed by atoms with Crippen molar-refractivity contribution in [3.05, 3.63) is 64.9 Å². The lowest BCUT2D eigenvalue weighted by atomic mass is 10.2. The van der Waals surface area contributed by atoms with Crippen LogP contribution in [0, 0.1) is 5.82 Å². The van der Waals surface area contributed by atoms with Gasteiger partial charge in [0.25, 0.3) is 5.91 Å². The minimum atomic E-state index is -0.786. The molecule has 0 radical (unpaired) electrons. The van der Waals surface area contributed by atoms with E-state index in [1.165, 1.54) is 24.3 Å². The second-order valence-corrected chi connectivity index (χ2v) is 5.49. The number of nitrogens with one attached hydrogen (secondary N) is 1. The van der Waals surface area contributed by atoms with E-state index in [4.69, 9.17) is 21.1 Å². The van der Waals surface area contributed by atoms with Crippen molar-refractivity contribution in [2.45, 2.75) is 6.92 Å². The van der Waals surface area contributed by atoms with Crippen LogP contribution < -0.4 is 10.1 Å². The lowest BCUT2D eigenvalue weighted by Gasteiger charge is -2.07. The lowest BCUT2D eigenvalue weighted by Crippen LogP contribution is -2.20. The van der Waals surface area contributed by atoms with Crippen LogP contribution in [0.3, 0.4) is 0 Å². The molecule has 26 heavy (non-hydrogen) atoms. The molecule has 0 aliphatic rings. The Kier molecular flexibility index (Phi) is 7.17. The highest BCUT2D eigenvalue weighted by Gasteiger charge is 2.07. The van der Waals surface area contributed by atoms with Gasteiger partial charge < -0.3 is 14.8 Å². The molecule has 2 aromatic carbocycles. The fourth-order valence-electron chi connectivity index (χ4n) is 2.00. The highest BCUT2D eigenvalue weighted by Crippen LogP contribution is 2.20. The molecule has 0 bridgehead atoms. The first-order valence-electron chi connectivity index (χ1n) is 7.81. The first-order valence-corrected chi connectivity index (χ1v) is 8.19. The Morgan fingerprint density at radius 2 is 1.92 bits per heavy atom. The summed E-state index contributed by atoms with van der Waals surface area (Å²) in [6.07, 6.45) is 2.21. The maximum Gasteiger partial charge on any atom is 0.331 e. The van der Waals surface area contributed by atoms with Crippen molar-refractivity contribution in [1.82, 2.24) is 0 Å². The van der Waals surface area contributed by atoms with Crippen molar-refractivity contribution < 1.29 is 23.5 Å². The number of amides is 1. The van der Waals surface area contributed by atoms with Gasteiger partial charge >= 0.3 is 5.97 Å². The standard InChI is InChI=1S/C19H17ClFNO4/c1-2-25-14-8-6-13(7-9-14)22-18(23)12-26-19(24)11-10-15-16(20)4-3-5-17(15)21/h3-11H,2,12H2,1H3,(H,22,23)/b11-10+. The number of carbonyl (C=O) groups excluding carboxylic acids is 2. The van der Waals surface area contributed by atoms with Crippen molar-refractivity contribution in [1.29, 1.82) is 0 Å². The topological polar surface area (TPSA) is 64.6 Å². The Hall–Kier alpha value is -2.86. The van der Waals surface area contributed by atoms with Crippen LogP contribution in [0.15, 0.2) is 48.5 Å². The van der Waals surface area contributed by atoms with E-state index in [-0.39, 0.29) is 10.6 Å². The van der Waals surface area contributed by atoms with Gasteiger partial charge in [-0.15, -0.1) is 0 Å². The summed E-state index contributed by atoms with van der Waals surface area (Å²) in [6, 6.07) is 11.0. The van der Waals surface area contributed by atoms with Crippen LogP contribution in [0.5, 0.6) is 5.75 Å². The number of ether oxygens (including phenoxy) is 2. The summed E-state index contributed by atoms with van der Waals surface area (Å²) in [6.45, 7) is 1.95. The summed E-state index contributed by atoms with van der Waals surface area (Å²) >= 11 is 5.85. The summed E-state index contributed by atoms with van der Waals surface area (Å²) in [4.78, 5) is 23.4. The van der Waals surface area contributed by atoms with E-state index in [1.54, 1.807) is 24.3 Å².